The van der Waals surface area contributed by atoms with E-state index in [-0.39, 0.29) is 17.6 Å². The highest BCUT2D eigenvalue weighted by Gasteiger charge is 2.31. The van der Waals surface area contributed by atoms with Crippen molar-refractivity contribution in [2.75, 3.05) is 37.7 Å². The van der Waals surface area contributed by atoms with E-state index in [1.54, 1.807) is 0 Å². The summed E-state index contributed by atoms with van der Waals surface area (Å²) in [6.45, 7) is 7.23. The number of rotatable bonds is 4. The maximum atomic E-state index is 11.9. The molecule has 0 saturated carbocycles. The number of carbonyl (C=O) groups is 1. The minimum Gasteiger partial charge on any atom is -0.368 e. The molecule has 2 aliphatic heterocycles. The van der Waals surface area contributed by atoms with Gasteiger partial charge in [-0.3, -0.25) is 13.9 Å². The maximum absolute atomic E-state index is 11.9. The average Bonchev–Trinajstić information content (AvgIpc) is 2.90. The highest BCUT2D eigenvalue weighted by molar-refractivity contribution is 7.85. The van der Waals surface area contributed by atoms with Crippen molar-refractivity contribution in [3.05, 3.63) is 0 Å². The van der Waals surface area contributed by atoms with Crippen LogP contribution in [0, 0.1) is 0 Å². The zero-order valence-corrected chi connectivity index (χ0v) is 12.6. The molecule has 2 saturated heterocycles. The largest absolute Gasteiger partial charge is 0.368 e. The fourth-order valence-corrected chi connectivity index (χ4v) is 3.61. The van der Waals surface area contributed by atoms with Crippen molar-refractivity contribution in [3.8, 4) is 0 Å². The first-order valence-corrected chi connectivity index (χ1v) is 8.47. The normalized spacial score (nSPS) is 26.5. The van der Waals surface area contributed by atoms with Crippen LogP contribution in [-0.2, 0) is 20.3 Å². The predicted molar refractivity (Wildman–Crippen MR) is 75.5 cm³/mol. The highest BCUT2D eigenvalue weighted by atomic mass is 32.2. The Kier molecular flexibility index (Phi) is 4.97. The lowest BCUT2D eigenvalue weighted by molar-refractivity contribution is -0.130. The predicted octanol–water partition coefficient (Wildman–Crippen LogP) is 0.125. The van der Waals surface area contributed by atoms with Crippen molar-refractivity contribution < 1.29 is 13.7 Å². The summed E-state index contributed by atoms with van der Waals surface area (Å²) in [7, 11) is -0.659. The van der Waals surface area contributed by atoms with Crippen LogP contribution in [0.1, 0.15) is 26.7 Å². The molecule has 6 heteroatoms. The van der Waals surface area contributed by atoms with Crippen LogP contribution in [0.2, 0.25) is 0 Å². The molecule has 110 valence electrons. The van der Waals surface area contributed by atoms with Gasteiger partial charge in [-0.25, -0.2) is 0 Å². The fourth-order valence-electron chi connectivity index (χ4n) is 2.56. The second kappa shape index (κ2) is 6.33. The molecule has 1 atom stereocenters. The van der Waals surface area contributed by atoms with Gasteiger partial charge in [-0.1, -0.05) is 0 Å². The molecule has 2 rings (SSSR count). The van der Waals surface area contributed by atoms with Gasteiger partial charge in [0, 0.05) is 54.1 Å². The molecule has 0 aromatic carbocycles. The van der Waals surface area contributed by atoms with Crippen LogP contribution in [0.3, 0.4) is 0 Å². The van der Waals surface area contributed by atoms with Crippen LogP contribution >= 0.6 is 0 Å². The van der Waals surface area contributed by atoms with E-state index in [2.05, 4.69) is 24.1 Å². The second-order valence-electron chi connectivity index (χ2n) is 5.87. The summed E-state index contributed by atoms with van der Waals surface area (Å²) in [6.07, 6.45) is 1.54. The number of nitrogens with one attached hydrogen (secondary N) is 1. The SMILES string of the molecule is CC(C)(CNC(=O)[C@@H]1CCCO1)N1CCS(=O)CC1. The summed E-state index contributed by atoms with van der Waals surface area (Å²) in [6, 6.07) is 0. The van der Waals surface area contributed by atoms with Crippen LogP contribution in [0.25, 0.3) is 0 Å². The molecule has 0 aromatic rings. The molecule has 19 heavy (non-hydrogen) atoms. The number of amides is 1. The first kappa shape index (κ1) is 14.9. The number of nitrogens with zero attached hydrogens (tertiary/aromatic N) is 1. The van der Waals surface area contributed by atoms with Crippen LogP contribution in [0.5, 0.6) is 0 Å². The molecule has 0 spiro atoms. The lowest BCUT2D eigenvalue weighted by Crippen LogP contribution is -2.56. The van der Waals surface area contributed by atoms with Crippen molar-refractivity contribution in [2.45, 2.75) is 38.3 Å². The van der Waals surface area contributed by atoms with E-state index in [0.29, 0.717) is 13.2 Å². The van der Waals surface area contributed by atoms with Gasteiger partial charge in [0.15, 0.2) is 0 Å². The summed E-state index contributed by atoms with van der Waals surface area (Å²) < 4.78 is 16.7. The highest BCUT2D eigenvalue weighted by Crippen LogP contribution is 2.17. The van der Waals surface area contributed by atoms with Gasteiger partial charge in [-0.2, -0.15) is 0 Å². The number of hydrogen-bond donors (Lipinski definition) is 1. The molecule has 2 fully saturated rings. The lowest BCUT2D eigenvalue weighted by atomic mass is 10.0. The van der Waals surface area contributed by atoms with Crippen LogP contribution in [0.15, 0.2) is 0 Å². The van der Waals surface area contributed by atoms with Crippen molar-refractivity contribution in [1.29, 1.82) is 0 Å². The van der Waals surface area contributed by atoms with Gasteiger partial charge < -0.3 is 10.1 Å². The smallest absolute Gasteiger partial charge is 0.249 e. The lowest BCUT2D eigenvalue weighted by Gasteiger charge is -2.40. The van der Waals surface area contributed by atoms with Gasteiger partial charge in [0.1, 0.15) is 6.10 Å². The Morgan fingerprint density at radius 1 is 1.42 bits per heavy atom. The number of carbonyl (C=O) groups excluding carboxylic acids is 1. The minimum atomic E-state index is -0.659. The first-order chi connectivity index (χ1) is 8.99. The topological polar surface area (TPSA) is 58.6 Å². The molecule has 2 heterocycles. The number of hydrogen-bond acceptors (Lipinski definition) is 4. The Morgan fingerprint density at radius 3 is 2.68 bits per heavy atom. The molecule has 0 aromatic heterocycles. The molecule has 1 amide bonds. The Morgan fingerprint density at radius 2 is 2.11 bits per heavy atom. The third kappa shape index (κ3) is 4.00. The summed E-state index contributed by atoms with van der Waals surface area (Å²) in [5, 5.41) is 2.99. The Balaban J connectivity index is 1.79. The van der Waals surface area contributed by atoms with Gasteiger partial charge in [-0.05, 0) is 26.7 Å². The molecule has 5 nitrogen and oxygen atoms in total. The maximum Gasteiger partial charge on any atom is 0.249 e. The zero-order valence-electron chi connectivity index (χ0n) is 11.8. The third-order valence-electron chi connectivity index (χ3n) is 3.95. The van der Waals surface area contributed by atoms with E-state index < -0.39 is 10.8 Å². The van der Waals surface area contributed by atoms with Gasteiger partial charge in [0.2, 0.25) is 5.91 Å². The molecule has 0 radical (unpaired) electrons. The van der Waals surface area contributed by atoms with Crippen molar-refractivity contribution in [1.82, 2.24) is 10.2 Å². The fraction of sp³-hybridized carbons (Fsp3) is 0.923. The van der Waals surface area contributed by atoms with Gasteiger partial charge in [0.05, 0.1) is 0 Å². The van der Waals surface area contributed by atoms with Crippen LogP contribution in [0.4, 0.5) is 0 Å². The molecule has 2 aliphatic rings. The van der Waals surface area contributed by atoms with E-state index in [1.807, 2.05) is 0 Å². The number of ether oxygens (including phenoxy) is 1. The second-order valence-corrected chi connectivity index (χ2v) is 7.56. The summed E-state index contributed by atoms with van der Waals surface area (Å²) >= 11 is 0. The Hall–Kier alpha value is -0.460. The van der Waals surface area contributed by atoms with E-state index in [0.717, 1.165) is 37.4 Å². The standard InChI is InChI=1S/C13H24N2O3S/c1-13(2,15-5-8-19(17)9-6-15)10-14-12(16)11-4-3-7-18-11/h11H,3-10H2,1-2H3,(H,14,16)/t11-/m0/s1. The van der Waals surface area contributed by atoms with E-state index in [9.17, 15) is 9.00 Å². The summed E-state index contributed by atoms with van der Waals surface area (Å²) in [4.78, 5) is 14.2. The monoisotopic (exact) mass is 288 g/mol. The summed E-state index contributed by atoms with van der Waals surface area (Å²) in [5.41, 5.74) is -0.0983. The van der Waals surface area contributed by atoms with E-state index >= 15 is 0 Å². The van der Waals surface area contributed by atoms with Crippen molar-refractivity contribution in [3.63, 3.8) is 0 Å². The quantitative estimate of drug-likeness (QED) is 0.798. The van der Waals surface area contributed by atoms with Gasteiger partial charge in [-0.15, -0.1) is 0 Å². The molecular weight excluding hydrogens is 264 g/mol. The molecular formula is C13H24N2O3S. The molecule has 0 aliphatic carbocycles. The average molecular weight is 288 g/mol. The van der Waals surface area contributed by atoms with E-state index in [1.165, 1.54) is 0 Å². The Labute approximate surface area is 117 Å². The van der Waals surface area contributed by atoms with Crippen LogP contribution in [-0.4, -0.2) is 64.4 Å². The van der Waals surface area contributed by atoms with Gasteiger partial charge in [0.25, 0.3) is 0 Å². The minimum absolute atomic E-state index is 0.00570. The third-order valence-corrected chi connectivity index (χ3v) is 5.23. The van der Waals surface area contributed by atoms with Crippen molar-refractivity contribution in [2.24, 2.45) is 0 Å². The molecule has 0 bridgehead atoms. The molecule has 0 unspecified atom stereocenters. The van der Waals surface area contributed by atoms with E-state index in [4.69, 9.17) is 4.74 Å². The summed E-state index contributed by atoms with van der Waals surface area (Å²) in [5.74, 6) is 1.48. The zero-order chi connectivity index (χ0) is 13.9. The van der Waals surface area contributed by atoms with Crippen molar-refractivity contribution >= 4 is 16.7 Å². The van der Waals surface area contributed by atoms with Crippen LogP contribution < -0.4 is 5.32 Å². The van der Waals surface area contributed by atoms with Gasteiger partial charge >= 0.3 is 0 Å². The molecule has 1 N–H and O–H groups in total. The first-order valence-electron chi connectivity index (χ1n) is 6.98. The Bertz CT molecular complexity index is 344.